The van der Waals surface area contributed by atoms with Gasteiger partial charge in [0.15, 0.2) is 0 Å². The van der Waals surface area contributed by atoms with Crippen LogP contribution in [0.5, 0.6) is 5.75 Å². The van der Waals surface area contributed by atoms with E-state index in [2.05, 4.69) is 18.7 Å². The molecule has 1 unspecified atom stereocenters. The molecule has 0 aliphatic heterocycles. The van der Waals surface area contributed by atoms with E-state index in [-0.39, 0.29) is 0 Å². The Morgan fingerprint density at radius 3 is 2.56 bits per heavy atom. The molecule has 0 spiro atoms. The zero-order chi connectivity index (χ0) is 12.0. The summed E-state index contributed by atoms with van der Waals surface area (Å²) in [6, 6.07) is 7.60. The van der Waals surface area contributed by atoms with Gasteiger partial charge < -0.3 is 14.7 Å². The summed E-state index contributed by atoms with van der Waals surface area (Å²) < 4.78 is 5.14. The first kappa shape index (κ1) is 13.0. The van der Waals surface area contributed by atoms with E-state index in [1.165, 1.54) is 0 Å². The number of aliphatic hydroxyl groups is 1. The summed E-state index contributed by atoms with van der Waals surface area (Å²) >= 11 is 0. The molecule has 90 valence electrons. The normalized spacial score (nSPS) is 12.8. The number of nitrogens with zero attached hydrogens (tertiary/aromatic N) is 1. The van der Waals surface area contributed by atoms with E-state index >= 15 is 0 Å². The summed E-state index contributed by atoms with van der Waals surface area (Å²) in [5.41, 5.74) is 0.909. The third kappa shape index (κ3) is 3.51. The molecule has 0 saturated carbocycles. The molecule has 0 aromatic heterocycles. The summed E-state index contributed by atoms with van der Waals surface area (Å²) in [7, 11) is 1.63. The number of rotatable bonds is 6. The fraction of sp³-hybridized carbons (Fsp3) is 0.538. The molecule has 1 aromatic carbocycles. The summed E-state index contributed by atoms with van der Waals surface area (Å²) in [6.45, 7) is 6.78. The molecular formula is C13H21NO2. The van der Waals surface area contributed by atoms with Gasteiger partial charge in [-0.1, -0.05) is 26.0 Å². The molecular weight excluding hydrogens is 202 g/mol. The van der Waals surface area contributed by atoms with E-state index in [9.17, 15) is 5.11 Å². The Balaban J connectivity index is 2.67. The van der Waals surface area contributed by atoms with Crippen molar-refractivity contribution in [2.24, 2.45) is 0 Å². The molecule has 16 heavy (non-hydrogen) atoms. The Hall–Kier alpha value is -1.06. The highest BCUT2D eigenvalue weighted by molar-refractivity contribution is 5.29. The van der Waals surface area contributed by atoms with E-state index in [0.717, 1.165) is 24.4 Å². The van der Waals surface area contributed by atoms with E-state index in [0.29, 0.717) is 6.54 Å². The second-order valence-corrected chi connectivity index (χ2v) is 3.78. The lowest BCUT2D eigenvalue weighted by Gasteiger charge is -2.22. The van der Waals surface area contributed by atoms with Crippen LogP contribution in [-0.4, -0.2) is 36.8 Å². The van der Waals surface area contributed by atoms with Crippen molar-refractivity contribution in [1.82, 2.24) is 4.90 Å². The average Bonchev–Trinajstić information content (AvgIpc) is 2.35. The first-order valence-corrected chi connectivity index (χ1v) is 5.75. The summed E-state index contributed by atoms with van der Waals surface area (Å²) in [6.07, 6.45) is -0.449. The highest BCUT2D eigenvalue weighted by Crippen LogP contribution is 2.19. The van der Waals surface area contributed by atoms with Gasteiger partial charge in [0.05, 0.1) is 13.2 Å². The summed E-state index contributed by atoms with van der Waals surface area (Å²) in [5, 5.41) is 10.1. The standard InChI is InChI=1S/C13H21NO2/c1-4-14(5-2)10-13(15)11-7-6-8-12(9-11)16-3/h6-9,13,15H,4-5,10H2,1-3H3. The first-order valence-electron chi connectivity index (χ1n) is 5.75. The number of hydrogen-bond acceptors (Lipinski definition) is 3. The van der Waals surface area contributed by atoms with Crippen molar-refractivity contribution in [2.75, 3.05) is 26.7 Å². The monoisotopic (exact) mass is 223 g/mol. The van der Waals surface area contributed by atoms with Crippen LogP contribution in [0.2, 0.25) is 0 Å². The van der Waals surface area contributed by atoms with Crippen molar-refractivity contribution < 1.29 is 9.84 Å². The number of likely N-dealkylation sites (N-methyl/N-ethyl adjacent to an activating group) is 1. The molecule has 0 fully saturated rings. The highest BCUT2D eigenvalue weighted by Gasteiger charge is 2.11. The molecule has 3 heteroatoms. The second kappa shape index (κ2) is 6.51. The Labute approximate surface area is 97.7 Å². The molecule has 0 amide bonds. The van der Waals surface area contributed by atoms with Crippen LogP contribution < -0.4 is 4.74 Å². The Kier molecular flexibility index (Phi) is 5.29. The highest BCUT2D eigenvalue weighted by atomic mass is 16.5. The number of methoxy groups -OCH3 is 1. The van der Waals surface area contributed by atoms with Crippen molar-refractivity contribution in [2.45, 2.75) is 20.0 Å². The van der Waals surface area contributed by atoms with Gasteiger partial charge in [-0.3, -0.25) is 0 Å². The minimum atomic E-state index is -0.449. The molecule has 0 radical (unpaired) electrons. The average molecular weight is 223 g/mol. The molecule has 0 saturated heterocycles. The number of benzene rings is 1. The van der Waals surface area contributed by atoms with Crippen LogP contribution >= 0.6 is 0 Å². The predicted octanol–water partition coefficient (Wildman–Crippen LogP) is 2.07. The minimum Gasteiger partial charge on any atom is -0.497 e. The van der Waals surface area contributed by atoms with Gasteiger partial charge in [-0.15, -0.1) is 0 Å². The van der Waals surface area contributed by atoms with Gasteiger partial charge >= 0.3 is 0 Å². The Morgan fingerprint density at radius 2 is 2.00 bits per heavy atom. The smallest absolute Gasteiger partial charge is 0.119 e. The number of ether oxygens (including phenoxy) is 1. The topological polar surface area (TPSA) is 32.7 Å². The van der Waals surface area contributed by atoms with Gasteiger partial charge in [-0.2, -0.15) is 0 Å². The van der Waals surface area contributed by atoms with Crippen molar-refractivity contribution in [1.29, 1.82) is 0 Å². The minimum absolute atomic E-state index is 0.449. The van der Waals surface area contributed by atoms with Crippen LogP contribution in [0, 0.1) is 0 Å². The zero-order valence-electron chi connectivity index (χ0n) is 10.3. The molecule has 0 aliphatic carbocycles. The quantitative estimate of drug-likeness (QED) is 0.801. The predicted molar refractivity (Wildman–Crippen MR) is 65.7 cm³/mol. The summed E-state index contributed by atoms with van der Waals surface area (Å²) in [4.78, 5) is 2.20. The summed E-state index contributed by atoms with van der Waals surface area (Å²) in [5.74, 6) is 0.788. The van der Waals surface area contributed by atoms with Crippen LogP contribution in [0.15, 0.2) is 24.3 Å². The van der Waals surface area contributed by atoms with Gasteiger partial charge in [0, 0.05) is 6.54 Å². The van der Waals surface area contributed by atoms with Crippen LogP contribution in [0.4, 0.5) is 0 Å². The molecule has 0 aliphatic rings. The number of aliphatic hydroxyl groups excluding tert-OH is 1. The van der Waals surface area contributed by atoms with Gasteiger partial charge in [0.25, 0.3) is 0 Å². The van der Waals surface area contributed by atoms with Crippen molar-refractivity contribution in [3.05, 3.63) is 29.8 Å². The van der Waals surface area contributed by atoms with Crippen LogP contribution in [0.1, 0.15) is 25.5 Å². The zero-order valence-corrected chi connectivity index (χ0v) is 10.3. The van der Waals surface area contributed by atoms with Crippen LogP contribution in [0.3, 0.4) is 0 Å². The third-order valence-electron chi connectivity index (χ3n) is 2.80. The van der Waals surface area contributed by atoms with Crippen LogP contribution in [0.25, 0.3) is 0 Å². The fourth-order valence-electron chi connectivity index (χ4n) is 1.68. The maximum atomic E-state index is 10.1. The van der Waals surface area contributed by atoms with Gasteiger partial charge in [0.1, 0.15) is 5.75 Å². The lowest BCUT2D eigenvalue weighted by molar-refractivity contribution is 0.119. The second-order valence-electron chi connectivity index (χ2n) is 3.78. The van der Waals surface area contributed by atoms with Gasteiger partial charge in [-0.05, 0) is 30.8 Å². The number of hydrogen-bond donors (Lipinski definition) is 1. The molecule has 0 bridgehead atoms. The fourth-order valence-corrected chi connectivity index (χ4v) is 1.68. The van der Waals surface area contributed by atoms with Gasteiger partial charge in [-0.25, -0.2) is 0 Å². The van der Waals surface area contributed by atoms with E-state index in [1.54, 1.807) is 7.11 Å². The van der Waals surface area contributed by atoms with E-state index < -0.39 is 6.10 Å². The largest absolute Gasteiger partial charge is 0.497 e. The first-order chi connectivity index (χ1) is 7.71. The third-order valence-corrected chi connectivity index (χ3v) is 2.80. The van der Waals surface area contributed by atoms with Crippen LogP contribution in [-0.2, 0) is 0 Å². The lowest BCUT2D eigenvalue weighted by Crippen LogP contribution is -2.28. The Bertz CT molecular complexity index is 311. The van der Waals surface area contributed by atoms with E-state index in [4.69, 9.17) is 4.74 Å². The van der Waals surface area contributed by atoms with Crippen molar-refractivity contribution in [3.8, 4) is 5.75 Å². The molecule has 1 atom stereocenters. The lowest BCUT2D eigenvalue weighted by atomic mass is 10.1. The molecule has 1 N–H and O–H groups in total. The maximum absolute atomic E-state index is 10.1. The maximum Gasteiger partial charge on any atom is 0.119 e. The SMILES string of the molecule is CCN(CC)CC(O)c1cccc(OC)c1. The Morgan fingerprint density at radius 1 is 1.31 bits per heavy atom. The molecule has 3 nitrogen and oxygen atoms in total. The molecule has 1 aromatic rings. The van der Waals surface area contributed by atoms with Crippen molar-refractivity contribution >= 4 is 0 Å². The molecule has 0 heterocycles. The van der Waals surface area contributed by atoms with Gasteiger partial charge in [0.2, 0.25) is 0 Å². The van der Waals surface area contributed by atoms with E-state index in [1.807, 2.05) is 24.3 Å². The van der Waals surface area contributed by atoms with Crippen molar-refractivity contribution in [3.63, 3.8) is 0 Å². The molecule has 1 rings (SSSR count).